The number of nitrogens with two attached hydrogens (primary N) is 1. The molecule has 2 rings (SSSR count). The van der Waals surface area contributed by atoms with Gasteiger partial charge in [0.1, 0.15) is 28.9 Å². The van der Waals surface area contributed by atoms with Crippen LogP contribution in [0.3, 0.4) is 0 Å². The lowest BCUT2D eigenvalue weighted by atomic mass is 10.1. The summed E-state index contributed by atoms with van der Waals surface area (Å²) < 4.78 is 18.9. The molecule has 1 aromatic carbocycles. The van der Waals surface area contributed by atoms with Crippen LogP contribution in [0.4, 0.5) is 4.39 Å². The van der Waals surface area contributed by atoms with E-state index in [2.05, 4.69) is 4.98 Å². The maximum absolute atomic E-state index is 13.4. The van der Waals surface area contributed by atoms with Gasteiger partial charge < -0.3 is 10.5 Å². The summed E-state index contributed by atoms with van der Waals surface area (Å²) in [6, 6.07) is 9.36. The molecule has 0 saturated carbocycles. The molecular formula is C15H14FN3O. The minimum atomic E-state index is -0.609. The lowest BCUT2D eigenvalue weighted by molar-refractivity contribution is 0.471. The molecule has 0 bridgehead atoms. The van der Waals surface area contributed by atoms with Crippen molar-refractivity contribution < 1.29 is 9.13 Å². The van der Waals surface area contributed by atoms with E-state index >= 15 is 0 Å². The van der Waals surface area contributed by atoms with E-state index in [-0.39, 0.29) is 17.4 Å². The number of rotatable bonds is 4. The summed E-state index contributed by atoms with van der Waals surface area (Å²) >= 11 is 0. The van der Waals surface area contributed by atoms with Crippen LogP contribution in [0.2, 0.25) is 0 Å². The molecule has 0 aliphatic carbocycles. The maximum atomic E-state index is 13.4. The maximum Gasteiger partial charge on any atom is 0.148 e. The lowest BCUT2D eigenvalue weighted by Gasteiger charge is -2.10. The summed E-state index contributed by atoms with van der Waals surface area (Å²) in [5.41, 5.74) is 6.51. The molecule has 20 heavy (non-hydrogen) atoms. The zero-order chi connectivity index (χ0) is 14.5. The highest BCUT2D eigenvalue weighted by Crippen LogP contribution is 2.26. The summed E-state index contributed by atoms with van der Waals surface area (Å²) in [5, 5.41) is 8.92. The molecule has 0 spiro atoms. The highest BCUT2D eigenvalue weighted by Gasteiger charge is 2.10. The van der Waals surface area contributed by atoms with Crippen LogP contribution in [-0.4, -0.2) is 4.98 Å². The summed E-state index contributed by atoms with van der Waals surface area (Å²) in [5.74, 6) is -0.0106. The molecule has 0 amide bonds. The molecule has 0 aliphatic heterocycles. The van der Waals surface area contributed by atoms with E-state index in [0.29, 0.717) is 5.75 Å². The smallest absolute Gasteiger partial charge is 0.148 e. The van der Waals surface area contributed by atoms with Crippen molar-refractivity contribution in [3.05, 3.63) is 53.6 Å². The van der Waals surface area contributed by atoms with E-state index in [9.17, 15) is 4.39 Å². The number of halogens is 1. The van der Waals surface area contributed by atoms with Crippen LogP contribution in [0.15, 0.2) is 36.5 Å². The van der Waals surface area contributed by atoms with Crippen LogP contribution in [0.5, 0.6) is 11.5 Å². The van der Waals surface area contributed by atoms with E-state index in [1.807, 2.05) is 6.92 Å². The largest absolute Gasteiger partial charge is 0.454 e. The van der Waals surface area contributed by atoms with Gasteiger partial charge in [0.15, 0.2) is 0 Å². The average Bonchev–Trinajstić information content (AvgIpc) is 2.47. The molecule has 0 aliphatic rings. The van der Waals surface area contributed by atoms with Crippen LogP contribution >= 0.6 is 0 Å². The molecule has 102 valence electrons. The Kier molecular flexibility index (Phi) is 4.28. The first kappa shape index (κ1) is 14.0. The van der Waals surface area contributed by atoms with Crippen molar-refractivity contribution in [2.24, 2.45) is 5.73 Å². The Labute approximate surface area is 116 Å². The number of nitriles is 1. The van der Waals surface area contributed by atoms with E-state index < -0.39 is 5.82 Å². The number of hydrogen-bond donors (Lipinski definition) is 1. The molecule has 2 N–H and O–H groups in total. The van der Waals surface area contributed by atoms with Crippen molar-refractivity contribution in [3.8, 4) is 17.6 Å². The molecule has 4 nitrogen and oxygen atoms in total. The molecule has 1 unspecified atom stereocenters. The third-order valence-corrected chi connectivity index (χ3v) is 2.89. The number of ether oxygens (including phenoxy) is 1. The van der Waals surface area contributed by atoms with Gasteiger partial charge in [-0.3, -0.25) is 4.98 Å². The van der Waals surface area contributed by atoms with Gasteiger partial charge in [0.05, 0.1) is 11.9 Å². The predicted octanol–water partition coefficient (Wildman–Crippen LogP) is 3.29. The van der Waals surface area contributed by atoms with Crippen molar-refractivity contribution in [3.63, 3.8) is 0 Å². The molecule has 0 saturated heterocycles. The van der Waals surface area contributed by atoms with Crippen LogP contribution in [0.25, 0.3) is 0 Å². The second-order valence-electron chi connectivity index (χ2n) is 4.26. The van der Waals surface area contributed by atoms with Gasteiger partial charge in [0, 0.05) is 6.04 Å². The average molecular weight is 271 g/mol. The predicted molar refractivity (Wildman–Crippen MR) is 72.6 cm³/mol. The molecule has 1 aromatic heterocycles. The van der Waals surface area contributed by atoms with Crippen molar-refractivity contribution in [1.82, 2.24) is 4.98 Å². The Morgan fingerprint density at radius 2 is 2.20 bits per heavy atom. The molecule has 0 radical (unpaired) electrons. The molecule has 1 atom stereocenters. The van der Waals surface area contributed by atoms with Gasteiger partial charge in [0.2, 0.25) is 0 Å². The summed E-state index contributed by atoms with van der Waals surface area (Å²) in [7, 11) is 0. The van der Waals surface area contributed by atoms with Crippen molar-refractivity contribution >= 4 is 0 Å². The minimum Gasteiger partial charge on any atom is -0.454 e. The first-order chi connectivity index (χ1) is 9.65. The first-order valence-electron chi connectivity index (χ1n) is 6.23. The number of aromatic nitrogens is 1. The fourth-order valence-corrected chi connectivity index (χ4v) is 1.71. The van der Waals surface area contributed by atoms with Gasteiger partial charge in [-0.1, -0.05) is 13.0 Å². The van der Waals surface area contributed by atoms with Gasteiger partial charge in [-0.2, -0.15) is 5.26 Å². The van der Waals surface area contributed by atoms with Gasteiger partial charge in [-0.25, -0.2) is 4.39 Å². The Morgan fingerprint density at radius 1 is 1.40 bits per heavy atom. The van der Waals surface area contributed by atoms with Crippen LogP contribution in [-0.2, 0) is 0 Å². The van der Waals surface area contributed by atoms with Crippen LogP contribution < -0.4 is 10.5 Å². The molecule has 0 fully saturated rings. The van der Waals surface area contributed by atoms with E-state index in [1.165, 1.54) is 24.4 Å². The van der Waals surface area contributed by atoms with Gasteiger partial charge in [-0.05, 0) is 30.7 Å². The van der Waals surface area contributed by atoms with Crippen LogP contribution in [0.1, 0.15) is 30.6 Å². The summed E-state index contributed by atoms with van der Waals surface area (Å²) in [4.78, 5) is 4.20. The normalized spacial score (nSPS) is 11.7. The van der Waals surface area contributed by atoms with E-state index in [1.54, 1.807) is 18.2 Å². The first-order valence-corrected chi connectivity index (χ1v) is 6.23. The Balaban J connectivity index is 2.23. The number of pyridine rings is 1. The number of nitrogens with zero attached hydrogens (tertiary/aromatic N) is 2. The standard InChI is InChI=1S/C15H14FN3O/c1-2-13(18)14-7-6-10(9-19-14)20-15-5-3-4-12(16)11(15)8-17/h3-7,9,13H,2,18H2,1H3. The SMILES string of the molecule is CCC(N)c1ccc(Oc2cccc(F)c2C#N)cn1. The van der Waals surface area contributed by atoms with Gasteiger partial charge in [-0.15, -0.1) is 0 Å². The fraction of sp³-hybridized carbons (Fsp3) is 0.200. The summed E-state index contributed by atoms with van der Waals surface area (Å²) in [6.07, 6.45) is 2.30. The van der Waals surface area contributed by atoms with Crippen molar-refractivity contribution in [1.29, 1.82) is 5.26 Å². The number of hydrogen-bond acceptors (Lipinski definition) is 4. The van der Waals surface area contributed by atoms with E-state index in [4.69, 9.17) is 15.7 Å². The summed E-state index contributed by atoms with van der Waals surface area (Å²) in [6.45, 7) is 1.97. The van der Waals surface area contributed by atoms with Crippen molar-refractivity contribution in [2.45, 2.75) is 19.4 Å². The highest BCUT2D eigenvalue weighted by atomic mass is 19.1. The van der Waals surface area contributed by atoms with Gasteiger partial charge in [0.25, 0.3) is 0 Å². The van der Waals surface area contributed by atoms with E-state index in [0.717, 1.165) is 12.1 Å². The van der Waals surface area contributed by atoms with Crippen molar-refractivity contribution in [2.75, 3.05) is 0 Å². The van der Waals surface area contributed by atoms with Gasteiger partial charge >= 0.3 is 0 Å². The Morgan fingerprint density at radius 3 is 2.80 bits per heavy atom. The topological polar surface area (TPSA) is 71.9 Å². The zero-order valence-corrected chi connectivity index (χ0v) is 11.0. The second kappa shape index (κ2) is 6.13. The molecule has 2 aromatic rings. The van der Waals surface area contributed by atoms with Crippen LogP contribution in [0, 0.1) is 17.1 Å². The second-order valence-corrected chi connectivity index (χ2v) is 4.26. The third-order valence-electron chi connectivity index (χ3n) is 2.89. The monoisotopic (exact) mass is 271 g/mol. The molecule has 5 heteroatoms. The zero-order valence-electron chi connectivity index (χ0n) is 11.0. The number of benzene rings is 1. The Bertz CT molecular complexity index is 635. The highest BCUT2D eigenvalue weighted by molar-refractivity contribution is 5.45. The third kappa shape index (κ3) is 2.92. The fourth-order valence-electron chi connectivity index (χ4n) is 1.71. The Hall–Kier alpha value is -2.45. The minimum absolute atomic E-state index is 0.118. The molecule has 1 heterocycles. The quantitative estimate of drug-likeness (QED) is 0.926. The molecular weight excluding hydrogens is 257 g/mol. The lowest BCUT2D eigenvalue weighted by Crippen LogP contribution is -2.10.